The highest BCUT2D eigenvalue weighted by molar-refractivity contribution is 7.89. The lowest BCUT2D eigenvalue weighted by Gasteiger charge is -2.24. The van der Waals surface area contributed by atoms with Crippen LogP contribution in [0.15, 0.2) is 0 Å². The molecule has 1 atom stereocenters. The van der Waals surface area contributed by atoms with E-state index < -0.39 is 10.0 Å². The van der Waals surface area contributed by atoms with Gasteiger partial charge in [0.15, 0.2) is 0 Å². The molecular weight excluding hydrogens is 224 g/mol. The highest BCUT2D eigenvalue weighted by atomic mass is 32.2. The number of rotatable bonds is 8. The number of hydrogen-bond donors (Lipinski definition) is 1. The standard InChI is InChI=1S/C11H24N2O2S/c1-4-8-13(5-2)16(14,15)10(3)9-12-11-6-7-11/h10-12H,4-9H2,1-3H3. The molecule has 1 saturated carbocycles. The summed E-state index contributed by atoms with van der Waals surface area (Å²) < 4.78 is 25.9. The summed E-state index contributed by atoms with van der Waals surface area (Å²) >= 11 is 0. The fourth-order valence-corrected chi connectivity index (χ4v) is 3.31. The van der Waals surface area contributed by atoms with E-state index in [1.54, 1.807) is 11.2 Å². The van der Waals surface area contributed by atoms with Crippen LogP contribution in [0, 0.1) is 0 Å². The van der Waals surface area contributed by atoms with Crippen LogP contribution in [0.1, 0.15) is 40.0 Å². The summed E-state index contributed by atoms with van der Waals surface area (Å²) in [5.41, 5.74) is 0. The molecule has 0 bridgehead atoms. The van der Waals surface area contributed by atoms with Crippen LogP contribution in [0.3, 0.4) is 0 Å². The Bertz CT molecular complexity index is 299. The minimum atomic E-state index is -3.11. The first-order valence-corrected chi connectivity index (χ1v) is 7.75. The normalized spacial score (nSPS) is 19.0. The van der Waals surface area contributed by atoms with Gasteiger partial charge in [-0.1, -0.05) is 13.8 Å². The van der Waals surface area contributed by atoms with Gasteiger partial charge in [0.2, 0.25) is 10.0 Å². The number of nitrogens with zero attached hydrogens (tertiary/aromatic N) is 1. The monoisotopic (exact) mass is 248 g/mol. The molecule has 1 N–H and O–H groups in total. The van der Waals surface area contributed by atoms with Crippen LogP contribution < -0.4 is 5.32 Å². The predicted octanol–water partition coefficient (Wildman–Crippen LogP) is 1.19. The van der Waals surface area contributed by atoms with Crippen molar-refractivity contribution in [2.24, 2.45) is 0 Å². The van der Waals surface area contributed by atoms with Crippen molar-refractivity contribution in [3.05, 3.63) is 0 Å². The zero-order valence-electron chi connectivity index (χ0n) is 10.6. The van der Waals surface area contributed by atoms with Crippen molar-refractivity contribution in [2.75, 3.05) is 19.6 Å². The van der Waals surface area contributed by atoms with Crippen molar-refractivity contribution in [1.82, 2.24) is 9.62 Å². The second kappa shape index (κ2) is 5.98. The second-order valence-electron chi connectivity index (χ2n) is 4.53. The highest BCUT2D eigenvalue weighted by Gasteiger charge is 2.29. The van der Waals surface area contributed by atoms with E-state index in [4.69, 9.17) is 0 Å². The van der Waals surface area contributed by atoms with E-state index in [9.17, 15) is 8.42 Å². The summed E-state index contributed by atoms with van der Waals surface area (Å²) in [6.07, 6.45) is 3.26. The van der Waals surface area contributed by atoms with E-state index in [0.717, 1.165) is 6.42 Å². The molecule has 0 aliphatic heterocycles. The maximum atomic E-state index is 12.2. The van der Waals surface area contributed by atoms with Crippen LogP contribution >= 0.6 is 0 Å². The molecule has 1 fully saturated rings. The van der Waals surface area contributed by atoms with Gasteiger partial charge in [-0.3, -0.25) is 0 Å². The summed E-state index contributed by atoms with van der Waals surface area (Å²) in [7, 11) is -3.11. The average molecular weight is 248 g/mol. The molecule has 1 unspecified atom stereocenters. The van der Waals surface area contributed by atoms with Crippen LogP contribution in [-0.4, -0.2) is 43.6 Å². The lowest BCUT2D eigenvalue weighted by Crippen LogP contribution is -2.42. The van der Waals surface area contributed by atoms with Crippen LogP contribution in [0.4, 0.5) is 0 Å². The SMILES string of the molecule is CCCN(CC)S(=O)(=O)C(C)CNC1CC1. The van der Waals surface area contributed by atoms with Crippen LogP contribution in [0.5, 0.6) is 0 Å². The minimum absolute atomic E-state index is 0.320. The van der Waals surface area contributed by atoms with E-state index in [-0.39, 0.29) is 5.25 Å². The molecular formula is C11H24N2O2S. The molecule has 0 amide bonds. The Morgan fingerprint density at radius 2 is 2.00 bits per heavy atom. The molecule has 0 aromatic carbocycles. The first kappa shape index (κ1) is 13.9. The topological polar surface area (TPSA) is 49.4 Å². The molecule has 0 heterocycles. The first-order valence-electron chi connectivity index (χ1n) is 6.24. The molecule has 1 rings (SSSR count). The maximum Gasteiger partial charge on any atom is 0.217 e. The molecule has 5 heteroatoms. The largest absolute Gasteiger partial charge is 0.313 e. The van der Waals surface area contributed by atoms with Gasteiger partial charge >= 0.3 is 0 Å². The summed E-state index contributed by atoms with van der Waals surface area (Å²) in [6.45, 7) is 7.48. The quantitative estimate of drug-likeness (QED) is 0.702. The zero-order valence-corrected chi connectivity index (χ0v) is 11.4. The molecule has 0 spiro atoms. The predicted molar refractivity (Wildman–Crippen MR) is 66.9 cm³/mol. The third-order valence-corrected chi connectivity index (χ3v) is 5.31. The smallest absolute Gasteiger partial charge is 0.217 e. The minimum Gasteiger partial charge on any atom is -0.313 e. The third kappa shape index (κ3) is 3.71. The molecule has 1 aliphatic carbocycles. The molecule has 0 aromatic heterocycles. The maximum absolute atomic E-state index is 12.2. The van der Waals surface area contributed by atoms with Crippen molar-refractivity contribution < 1.29 is 8.42 Å². The van der Waals surface area contributed by atoms with Crippen LogP contribution in [-0.2, 0) is 10.0 Å². The van der Waals surface area contributed by atoms with Crippen molar-refractivity contribution in [2.45, 2.75) is 51.3 Å². The Morgan fingerprint density at radius 1 is 1.38 bits per heavy atom. The van der Waals surface area contributed by atoms with Crippen molar-refractivity contribution in [3.63, 3.8) is 0 Å². The molecule has 4 nitrogen and oxygen atoms in total. The molecule has 1 aliphatic rings. The summed E-state index contributed by atoms with van der Waals surface area (Å²) in [4.78, 5) is 0. The lowest BCUT2D eigenvalue weighted by molar-refractivity contribution is 0.417. The van der Waals surface area contributed by atoms with E-state index in [0.29, 0.717) is 25.7 Å². The number of nitrogens with one attached hydrogen (secondary N) is 1. The van der Waals surface area contributed by atoms with Gasteiger partial charge in [-0.25, -0.2) is 12.7 Å². The van der Waals surface area contributed by atoms with Gasteiger partial charge in [-0.05, 0) is 26.2 Å². The van der Waals surface area contributed by atoms with Crippen LogP contribution in [0.2, 0.25) is 0 Å². The summed E-state index contributed by atoms with van der Waals surface area (Å²) in [6, 6.07) is 0.568. The zero-order chi connectivity index (χ0) is 12.2. The molecule has 0 saturated heterocycles. The average Bonchev–Trinajstić information content (AvgIpc) is 3.05. The Labute approximate surface area is 99.5 Å². The van der Waals surface area contributed by atoms with Crippen LogP contribution in [0.25, 0.3) is 0 Å². The van der Waals surface area contributed by atoms with Gasteiger partial charge in [0, 0.05) is 25.7 Å². The van der Waals surface area contributed by atoms with Crippen molar-refractivity contribution in [3.8, 4) is 0 Å². The van der Waals surface area contributed by atoms with Gasteiger partial charge in [0.25, 0.3) is 0 Å². The Balaban J connectivity index is 2.50. The molecule has 16 heavy (non-hydrogen) atoms. The van der Waals surface area contributed by atoms with Crippen molar-refractivity contribution >= 4 is 10.0 Å². The third-order valence-electron chi connectivity index (χ3n) is 2.97. The van der Waals surface area contributed by atoms with Crippen molar-refractivity contribution in [1.29, 1.82) is 0 Å². The highest BCUT2D eigenvalue weighted by Crippen LogP contribution is 2.19. The fourth-order valence-electron chi connectivity index (χ4n) is 1.69. The number of sulfonamides is 1. The Morgan fingerprint density at radius 3 is 2.44 bits per heavy atom. The van der Waals surface area contributed by atoms with Gasteiger partial charge in [-0.2, -0.15) is 0 Å². The van der Waals surface area contributed by atoms with Gasteiger partial charge in [0.1, 0.15) is 0 Å². The summed E-state index contributed by atoms with van der Waals surface area (Å²) in [5.74, 6) is 0. The summed E-state index contributed by atoms with van der Waals surface area (Å²) in [5, 5.41) is 2.96. The van der Waals surface area contributed by atoms with E-state index in [1.165, 1.54) is 12.8 Å². The molecule has 96 valence electrons. The fraction of sp³-hybridized carbons (Fsp3) is 1.00. The number of hydrogen-bond acceptors (Lipinski definition) is 3. The van der Waals surface area contributed by atoms with E-state index in [2.05, 4.69) is 5.32 Å². The first-order chi connectivity index (χ1) is 7.52. The van der Waals surface area contributed by atoms with Gasteiger partial charge in [0.05, 0.1) is 5.25 Å². The lowest BCUT2D eigenvalue weighted by atomic mass is 10.4. The Kier molecular flexibility index (Phi) is 5.21. The van der Waals surface area contributed by atoms with Gasteiger partial charge in [-0.15, -0.1) is 0 Å². The van der Waals surface area contributed by atoms with E-state index >= 15 is 0 Å². The molecule has 0 aromatic rings. The molecule has 0 radical (unpaired) electrons. The van der Waals surface area contributed by atoms with E-state index in [1.807, 2.05) is 13.8 Å². The second-order valence-corrected chi connectivity index (χ2v) is 6.88. The Hall–Kier alpha value is -0.130. The van der Waals surface area contributed by atoms with Gasteiger partial charge < -0.3 is 5.32 Å².